The van der Waals surface area contributed by atoms with E-state index in [9.17, 15) is 14.0 Å². The van der Waals surface area contributed by atoms with E-state index in [1.807, 2.05) is 12.1 Å². The summed E-state index contributed by atoms with van der Waals surface area (Å²) in [4.78, 5) is 24.3. The van der Waals surface area contributed by atoms with Gasteiger partial charge in [0.25, 0.3) is 0 Å². The number of nitrogens with one attached hydrogen (secondary N) is 2. The van der Waals surface area contributed by atoms with Crippen LogP contribution in [0.5, 0.6) is 5.75 Å². The molecule has 1 aliphatic rings. The number of thioether (sulfide) groups is 1. The Morgan fingerprint density at radius 3 is 2.64 bits per heavy atom. The number of carbonyl (C=O) groups excluding carboxylic acids is 2. The minimum atomic E-state index is -0.659. The van der Waals surface area contributed by atoms with Crippen molar-refractivity contribution in [3.05, 3.63) is 59.9 Å². The van der Waals surface area contributed by atoms with Crippen molar-refractivity contribution >= 4 is 40.6 Å². The normalized spacial score (nSPS) is 18.1. The van der Waals surface area contributed by atoms with Gasteiger partial charge in [0, 0.05) is 12.1 Å². The van der Waals surface area contributed by atoms with Crippen LogP contribution in [0.25, 0.3) is 0 Å². The molecule has 1 saturated heterocycles. The van der Waals surface area contributed by atoms with Gasteiger partial charge in [-0.05, 0) is 54.1 Å². The summed E-state index contributed by atoms with van der Waals surface area (Å²) in [6.45, 7) is 0. The molecular formula is C19H17FN4O3S. The van der Waals surface area contributed by atoms with Crippen LogP contribution in [-0.4, -0.2) is 35.6 Å². The zero-order valence-electron chi connectivity index (χ0n) is 14.9. The highest BCUT2D eigenvalue weighted by molar-refractivity contribution is 8.15. The van der Waals surface area contributed by atoms with Crippen LogP contribution in [-0.2, 0) is 9.59 Å². The lowest BCUT2D eigenvalue weighted by Gasteiger charge is -2.21. The molecule has 7 nitrogen and oxygen atoms in total. The molecule has 9 heteroatoms. The molecule has 0 radical (unpaired) electrons. The first-order valence-corrected chi connectivity index (χ1v) is 9.19. The Hall–Kier alpha value is -3.20. The molecule has 2 N–H and O–H groups in total. The molecule has 1 atom stereocenters. The lowest BCUT2D eigenvalue weighted by molar-refractivity contribution is -0.123. The molecule has 28 heavy (non-hydrogen) atoms. The van der Waals surface area contributed by atoms with E-state index in [0.717, 1.165) is 23.1 Å². The van der Waals surface area contributed by atoms with Crippen LogP contribution in [0.15, 0.2) is 58.7 Å². The standard InChI is InChI=1S/C19H17FN4O3S/c1-27-15-8-2-12(3-9-15)11-21-24-19-23-17(25)10-16(28-19)18(26)22-14-6-4-13(20)5-7-14/h2-9,11,16H,10H2,1H3,(H,22,26)(H,23,24,25)/b21-11-/t16-/m0/s1. The van der Waals surface area contributed by atoms with Gasteiger partial charge in [0.15, 0.2) is 5.17 Å². The molecule has 144 valence electrons. The number of benzene rings is 2. The molecule has 1 heterocycles. The summed E-state index contributed by atoms with van der Waals surface area (Å²) in [5.41, 5.74) is 1.26. The maximum atomic E-state index is 13.0. The third-order valence-electron chi connectivity index (χ3n) is 3.75. The van der Waals surface area contributed by atoms with Crippen LogP contribution < -0.4 is 15.4 Å². The average molecular weight is 400 g/mol. The van der Waals surface area contributed by atoms with Gasteiger partial charge in [-0.25, -0.2) is 4.39 Å². The van der Waals surface area contributed by atoms with Crippen LogP contribution in [0.4, 0.5) is 10.1 Å². The predicted octanol–water partition coefficient (Wildman–Crippen LogP) is 2.78. The fourth-order valence-electron chi connectivity index (χ4n) is 2.33. The van der Waals surface area contributed by atoms with Crippen molar-refractivity contribution in [3.8, 4) is 5.75 Å². The molecule has 0 saturated carbocycles. The molecular weight excluding hydrogens is 383 g/mol. The lowest BCUT2D eigenvalue weighted by Crippen LogP contribution is -2.41. The van der Waals surface area contributed by atoms with Crippen LogP contribution in [0.3, 0.4) is 0 Å². The topological polar surface area (TPSA) is 92.2 Å². The Bertz CT molecular complexity index is 914. The van der Waals surface area contributed by atoms with Gasteiger partial charge in [0.2, 0.25) is 11.8 Å². The monoisotopic (exact) mass is 400 g/mol. The van der Waals surface area contributed by atoms with E-state index >= 15 is 0 Å². The number of ether oxygens (including phenoxy) is 1. The largest absolute Gasteiger partial charge is 0.497 e. The first kappa shape index (κ1) is 19.6. The molecule has 1 fully saturated rings. The summed E-state index contributed by atoms with van der Waals surface area (Å²) >= 11 is 1.11. The van der Waals surface area contributed by atoms with E-state index in [2.05, 4.69) is 20.8 Å². The number of hydrogen-bond acceptors (Lipinski definition) is 6. The molecule has 0 aliphatic carbocycles. The van der Waals surface area contributed by atoms with Crippen LogP contribution in [0, 0.1) is 5.82 Å². The van der Waals surface area contributed by atoms with Crippen LogP contribution in [0.2, 0.25) is 0 Å². The number of halogens is 1. The van der Waals surface area contributed by atoms with E-state index in [0.29, 0.717) is 5.69 Å². The second-order valence-corrected chi connectivity index (χ2v) is 6.97. The van der Waals surface area contributed by atoms with Gasteiger partial charge in [0.05, 0.1) is 13.3 Å². The van der Waals surface area contributed by atoms with Gasteiger partial charge in [-0.15, -0.1) is 5.10 Å². The van der Waals surface area contributed by atoms with E-state index in [4.69, 9.17) is 4.74 Å². The fourth-order valence-corrected chi connectivity index (χ4v) is 3.27. The number of nitrogens with zero attached hydrogens (tertiary/aromatic N) is 2. The van der Waals surface area contributed by atoms with Gasteiger partial charge < -0.3 is 15.4 Å². The van der Waals surface area contributed by atoms with Gasteiger partial charge in [-0.1, -0.05) is 11.8 Å². The van der Waals surface area contributed by atoms with Gasteiger partial charge in [0.1, 0.15) is 16.8 Å². The van der Waals surface area contributed by atoms with Gasteiger partial charge >= 0.3 is 0 Å². The number of hydrogen-bond donors (Lipinski definition) is 2. The summed E-state index contributed by atoms with van der Waals surface area (Å²) in [6.07, 6.45) is 1.54. The summed E-state index contributed by atoms with van der Waals surface area (Å²) in [6, 6.07) is 12.6. The average Bonchev–Trinajstić information content (AvgIpc) is 2.70. The molecule has 0 aromatic heterocycles. The summed E-state index contributed by atoms with van der Waals surface area (Å²) in [7, 11) is 1.58. The molecule has 1 aliphatic heterocycles. The second kappa shape index (κ2) is 9.14. The highest BCUT2D eigenvalue weighted by Crippen LogP contribution is 2.22. The molecule has 2 aromatic rings. The highest BCUT2D eigenvalue weighted by atomic mass is 32.2. The van der Waals surface area contributed by atoms with Crippen molar-refractivity contribution in [1.82, 2.24) is 5.32 Å². The third-order valence-corrected chi connectivity index (χ3v) is 4.82. The highest BCUT2D eigenvalue weighted by Gasteiger charge is 2.30. The number of amides is 2. The minimum absolute atomic E-state index is 0.0128. The number of anilines is 1. The van der Waals surface area contributed by atoms with Gasteiger partial charge in [-0.2, -0.15) is 5.10 Å². The van der Waals surface area contributed by atoms with E-state index in [-0.39, 0.29) is 23.4 Å². The van der Waals surface area contributed by atoms with Crippen LogP contribution in [0.1, 0.15) is 12.0 Å². The Labute approximate surface area is 165 Å². The molecule has 2 aromatic carbocycles. The van der Waals surface area contributed by atoms with E-state index in [1.54, 1.807) is 19.2 Å². The molecule has 0 bridgehead atoms. The van der Waals surface area contributed by atoms with E-state index < -0.39 is 11.1 Å². The van der Waals surface area contributed by atoms with Crippen LogP contribution >= 0.6 is 11.8 Å². The minimum Gasteiger partial charge on any atom is -0.497 e. The SMILES string of the molecule is COc1ccc(/C=N\N=C2/NC(=O)C[C@@H](C(=O)Nc3ccc(F)cc3)S2)cc1. The van der Waals surface area contributed by atoms with Crippen molar-refractivity contribution in [1.29, 1.82) is 0 Å². The number of rotatable bonds is 5. The zero-order chi connectivity index (χ0) is 19.9. The first-order chi connectivity index (χ1) is 13.5. The molecule has 0 spiro atoms. The lowest BCUT2D eigenvalue weighted by atomic mass is 10.2. The quantitative estimate of drug-likeness (QED) is 0.596. The Balaban J connectivity index is 1.63. The predicted molar refractivity (Wildman–Crippen MR) is 107 cm³/mol. The van der Waals surface area contributed by atoms with Crippen molar-refractivity contribution in [2.24, 2.45) is 10.2 Å². The molecule has 3 rings (SSSR count). The number of amidine groups is 1. The number of methoxy groups -OCH3 is 1. The Kier molecular flexibility index (Phi) is 6.38. The van der Waals surface area contributed by atoms with Crippen molar-refractivity contribution < 1.29 is 18.7 Å². The van der Waals surface area contributed by atoms with E-state index in [1.165, 1.54) is 30.5 Å². The summed E-state index contributed by atoms with van der Waals surface area (Å²) < 4.78 is 18.0. The summed E-state index contributed by atoms with van der Waals surface area (Å²) in [5.74, 6) is -0.350. The third kappa shape index (κ3) is 5.40. The zero-order valence-corrected chi connectivity index (χ0v) is 15.7. The molecule has 0 unspecified atom stereocenters. The molecule has 2 amide bonds. The first-order valence-electron chi connectivity index (χ1n) is 8.31. The van der Waals surface area contributed by atoms with Gasteiger partial charge in [-0.3, -0.25) is 9.59 Å². The smallest absolute Gasteiger partial charge is 0.238 e. The Morgan fingerprint density at radius 1 is 1.25 bits per heavy atom. The summed E-state index contributed by atoms with van der Waals surface area (Å²) in [5, 5.41) is 12.8. The van der Waals surface area contributed by atoms with Crippen molar-refractivity contribution in [2.45, 2.75) is 11.7 Å². The van der Waals surface area contributed by atoms with Crippen molar-refractivity contribution in [2.75, 3.05) is 12.4 Å². The number of carbonyl (C=O) groups is 2. The fraction of sp³-hybridized carbons (Fsp3) is 0.158. The Morgan fingerprint density at radius 2 is 1.96 bits per heavy atom. The van der Waals surface area contributed by atoms with Crippen molar-refractivity contribution in [3.63, 3.8) is 0 Å². The second-order valence-electron chi connectivity index (χ2n) is 5.78. The maximum Gasteiger partial charge on any atom is 0.238 e. The maximum absolute atomic E-state index is 13.0.